The van der Waals surface area contributed by atoms with E-state index in [1.54, 1.807) is 36.7 Å². The minimum absolute atomic E-state index is 0.262. The number of hydrogen-bond acceptors (Lipinski definition) is 4. The quantitative estimate of drug-likeness (QED) is 0.938. The first-order valence-electron chi connectivity index (χ1n) is 6.52. The zero-order valence-corrected chi connectivity index (χ0v) is 11.2. The summed E-state index contributed by atoms with van der Waals surface area (Å²) in [5, 5.41) is 2.30. The average Bonchev–Trinajstić information content (AvgIpc) is 2.49. The van der Waals surface area contributed by atoms with E-state index in [1.165, 1.54) is 4.90 Å². The zero-order chi connectivity index (χ0) is 14.7. The monoisotopic (exact) mass is 283 g/mol. The van der Waals surface area contributed by atoms with Crippen LogP contribution in [0.3, 0.4) is 0 Å². The summed E-state index contributed by atoms with van der Waals surface area (Å²) in [5.41, 5.74) is 0.617. The van der Waals surface area contributed by atoms with Gasteiger partial charge in [0, 0.05) is 19.2 Å². The Bertz CT molecular complexity index is 673. The largest absolute Gasteiger partial charge is 0.454 e. The SMILES string of the molecule is O=C1CCN(c2ccccc2Oc2cccnc2)C(=O)N1. The van der Waals surface area contributed by atoms with E-state index in [-0.39, 0.29) is 12.3 Å². The third-order valence-electron chi connectivity index (χ3n) is 3.07. The maximum absolute atomic E-state index is 11.9. The molecule has 1 aromatic heterocycles. The van der Waals surface area contributed by atoms with Crippen molar-refractivity contribution in [2.45, 2.75) is 6.42 Å². The number of carbonyl (C=O) groups excluding carboxylic acids is 2. The van der Waals surface area contributed by atoms with Gasteiger partial charge in [0.1, 0.15) is 5.75 Å². The van der Waals surface area contributed by atoms with Crippen LogP contribution >= 0.6 is 0 Å². The highest BCUT2D eigenvalue weighted by Gasteiger charge is 2.26. The van der Waals surface area contributed by atoms with Gasteiger partial charge in [-0.3, -0.25) is 20.0 Å². The van der Waals surface area contributed by atoms with Crippen molar-refractivity contribution >= 4 is 17.6 Å². The Morgan fingerprint density at radius 3 is 2.76 bits per heavy atom. The standard InChI is InChI=1S/C15H13N3O3/c19-14-7-9-18(15(20)17-14)12-5-1-2-6-13(12)21-11-4-3-8-16-10-11/h1-6,8,10H,7,9H2,(H,17,19,20). The maximum Gasteiger partial charge on any atom is 0.328 e. The van der Waals surface area contributed by atoms with Gasteiger partial charge in [0.15, 0.2) is 5.75 Å². The van der Waals surface area contributed by atoms with Crippen LogP contribution in [0.15, 0.2) is 48.8 Å². The summed E-state index contributed by atoms with van der Waals surface area (Å²) in [6, 6.07) is 10.3. The first-order valence-corrected chi connectivity index (χ1v) is 6.52. The molecule has 3 amide bonds. The van der Waals surface area contributed by atoms with Crippen LogP contribution in [0.2, 0.25) is 0 Å². The van der Waals surface area contributed by atoms with E-state index in [1.807, 2.05) is 12.1 Å². The third-order valence-corrected chi connectivity index (χ3v) is 3.07. The Kier molecular flexibility index (Phi) is 3.51. The number of urea groups is 1. The normalized spacial score (nSPS) is 14.8. The Balaban J connectivity index is 1.89. The highest BCUT2D eigenvalue weighted by Crippen LogP contribution is 2.32. The van der Waals surface area contributed by atoms with Gasteiger partial charge in [-0.2, -0.15) is 0 Å². The lowest BCUT2D eigenvalue weighted by atomic mass is 10.2. The number of carbonyl (C=O) groups is 2. The van der Waals surface area contributed by atoms with Crippen LogP contribution in [0.5, 0.6) is 11.5 Å². The molecule has 2 aromatic rings. The number of anilines is 1. The molecule has 0 bridgehead atoms. The predicted octanol–water partition coefficient (Wildman–Crippen LogP) is 2.32. The van der Waals surface area contributed by atoms with Crippen LogP contribution in [0.25, 0.3) is 0 Å². The number of aromatic nitrogens is 1. The van der Waals surface area contributed by atoms with E-state index in [0.29, 0.717) is 23.7 Å². The summed E-state index contributed by atoms with van der Waals surface area (Å²) in [6.07, 6.45) is 3.52. The second kappa shape index (κ2) is 5.62. The van der Waals surface area contributed by atoms with E-state index in [4.69, 9.17) is 4.74 Å². The summed E-state index contributed by atoms with van der Waals surface area (Å²) in [7, 11) is 0. The maximum atomic E-state index is 11.9. The summed E-state index contributed by atoms with van der Waals surface area (Å²) in [5.74, 6) is 0.857. The van der Waals surface area contributed by atoms with Gasteiger partial charge in [-0.15, -0.1) is 0 Å². The molecule has 0 unspecified atom stereocenters. The number of imide groups is 1. The lowest BCUT2D eigenvalue weighted by molar-refractivity contribution is -0.120. The molecule has 1 aliphatic heterocycles. The Labute approximate surface area is 121 Å². The van der Waals surface area contributed by atoms with Crippen LogP contribution < -0.4 is 15.0 Å². The van der Waals surface area contributed by atoms with Crippen molar-refractivity contribution < 1.29 is 14.3 Å². The topological polar surface area (TPSA) is 71.5 Å². The summed E-state index contributed by atoms with van der Waals surface area (Å²) >= 11 is 0. The second-order valence-electron chi connectivity index (χ2n) is 4.51. The van der Waals surface area contributed by atoms with E-state index in [0.717, 1.165) is 0 Å². The highest BCUT2D eigenvalue weighted by atomic mass is 16.5. The molecule has 0 radical (unpaired) electrons. The van der Waals surface area contributed by atoms with Gasteiger partial charge in [0.2, 0.25) is 5.91 Å². The molecule has 1 N–H and O–H groups in total. The number of ether oxygens (including phenoxy) is 1. The number of nitrogens with zero attached hydrogens (tertiary/aromatic N) is 2. The fourth-order valence-electron chi connectivity index (χ4n) is 2.09. The van der Waals surface area contributed by atoms with Crippen LogP contribution in [-0.2, 0) is 4.79 Å². The van der Waals surface area contributed by atoms with Gasteiger partial charge in [-0.1, -0.05) is 12.1 Å². The van der Waals surface area contributed by atoms with Gasteiger partial charge < -0.3 is 4.74 Å². The molecule has 6 heteroatoms. The average molecular weight is 283 g/mol. The molecule has 106 valence electrons. The fraction of sp³-hybridized carbons (Fsp3) is 0.133. The van der Waals surface area contributed by atoms with Crippen LogP contribution in [-0.4, -0.2) is 23.5 Å². The molecule has 0 spiro atoms. The smallest absolute Gasteiger partial charge is 0.328 e. The van der Waals surface area contributed by atoms with Crippen LogP contribution in [0.4, 0.5) is 10.5 Å². The minimum Gasteiger partial charge on any atom is -0.454 e. The van der Waals surface area contributed by atoms with Crippen LogP contribution in [0, 0.1) is 0 Å². The van der Waals surface area contributed by atoms with Crippen molar-refractivity contribution in [2.75, 3.05) is 11.4 Å². The lowest BCUT2D eigenvalue weighted by Gasteiger charge is -2.27. The molecule has 6 nitrogen and oxygen atoms in total. The van der Waals surface area contributed by atoms with E-state index >= 15 is 0 Å². The number of hydrogen-bond donors (Lipinski definition) is 1. The van der Waals surface area contributed by atoms with Gasteiger partial charge in [-0.05, 0) is 24.3 Å². The van der Waals surface area contributed by atoms with Gasteiger partial charge in [0.25, 0.3) is 0 Å². The molecule has 0 saturated carbocycles. The Morgan fingerprint density at radius 1 is 1.14 bits per heavy atom. The predicted molar refractivity (Wildman–Crippen MR) is 76.3 cm³/mol. The molecule has 21 heavy (non-hydrogen) atoms. The van der Waals surface area contributed by atoms with Gasteiger partial charge in [-0.25, -0.2) is 4.79 Å². The molecule has 2 heterocycles. The van der Waals surface area contributed by atoms with Crippen molar-refractivity contribution in [3.8, 4) is 11.5 Å². The molecule has 1 aliphatic rings. The third kappa shape index (κ3) is 2.84. The summed E-state index contributed by atoms with van der Waals surface area (Å²) in [4.78, 5) is 28.6. The number of nitrogens with one attached hydrogen (secondary N) is 1. The number of amides is 3. The van der Waals surface area contributed by atoms with Gasteiger partial charge in [0.05, 0.1) is 11.9 Å². The highest BCUT2D eigenvalue weighted by molar-refractivity contribution is 6.06. The number of para-hydroxylation sites is 2. The zero-order valence-electron chi connectivity index (χ0n) is 11.2. The molecular formula is C15H13N3O3. The number of pyridine rings is 1. The van der Waals surface area contributed by atoms with Crippen molar-refractivity contribution in [3.63, 3.8) is 0 Å². The van der Waals surface area contributed by atoms with Crippen LogP contribution in [0.1, 0.15) is 6.42 Å². The first-order chi connectivity index (χ1) is 10.2. The first kappa shape index (κ1) is 13.1. The molecule has 1 fully saturated rings. The minimum atomic E-state index is -0.437. The number of rotatable bonds is 3. The summed E-state index contributed by atoms with van der Waals surface area (Å²) in [6.45, 7) is 0.331. The molecule has 1 saturated heterocycles. The molecule has 1 aromatic carbocycles. The van der Waals surface area contributed by atoms with Crippen molar-refractivity contribution in [3.05, 3.63) is 48.8 Å². The van der Waals surface area contributed by atoms with E-state index in [9.17, 15) is 9.59 Å². The van der Waals surface area contributed by atoms with Crippen molar-refractivity contribution in [2.24, 2.45) is 0 Å². The van der Waals surface area contributed by atoms with Crippen molar-refractivity contribution in [1.29, 1.82) is 0 Å². The molecule has 0 atom stereocenters. The Hall–Kier alpha value is -2.89. The molecular weight excluding hydrogens is 270 g/mol. The number of benzene rings is 1. The fourth-order valence-corrected chi connectivity index (χ4v) is 2.09. The van der Waals surface area contributed by atoms with E-state index < -0.39 is 6.03 Å². The molecule has 3 rings (SSSR count). The summed E-state index contributed by atoms with van der Waals surface area (Å²) < 4.78 is 5.77. The van der Waals surface area contributed by atoms with Crippen molar-refractivity contribution in [1.82, 2.24) is 10.3 Å². The van der Waals surface area contributed by atoms with E-state index in [2.05, 4.69) is 10.3 Å². The molecule has 0 aliphatic carbocycles. The Morgan fingerprint density at radius 2 is 2.00 bits per heavy atom. The van der Waals surface area contributed by atoms with Gasteiger partial charge >= 0.3 is 6.03 Å². The second-order valence-corrected chi connectivity index (χ2v) is 4.51. The lowest BCUT2D eigenvalue weighted by Crippen LogP contribution is -2.49.